The highest BCUT2D eigenvalue weighted by molar-refractivity contribution is 7.89. The van der Waals surface area contributed by atoms with Gasteiger partial charge in [-0.15, -0.1) is 0 Å². The first-order valence-electron chi connectivity index (χ1n) is 8.58. The van der Waals surface area contributed by atoms with Crippen LogP contribution < -0.4 is 10.5 Å². The number of esters is 1. The van der Waals surface area contributed by atoms with Gasteiger partial charge in [0, 0.05) is 13.1 Å². The fraction of sp³-hybridized carbons (Fsp3) is 0.529. The lowest BCUT2D eigenvalue weighted by atomic mass is 10.2. The molecule has 144 valence electrons. The van der Waals surface area contributed by atoms with E-state index in [2.05, 4.69) is 0 Å². The maximum atomic E-state index is 12.6. The van der Waals surface area contributed by atoms with Crippen LogP contribution in [-0.4, -0.2) is 50.9 Å². The molecule has 0 atom stereocenters. The predicted octanol–water partition coefficient (Wildman–Crippen LogP) is 1.29. The lowest BCUT2D eigenvalue weighted by Gasteiger charge is -2.17. The van der Waals surface area contributed by atoms with Crippen molar-refractivity contribution in [1.29, 1.82) is 0 Å². The third kappa shape index (κ3) is 4.95. The number of unbranched alkanes of at least 4 members (excludes halogenated alkanes) is 1. The molecule has 1 aromatic carbocycles. The fourth-order valence-corrected chi connectivity index (χ4v) is 4.12. The first kappa shape index (κ1) is 20.2. The third-order valence-electron chi connectivity index (χ3n) is 4.03. The predicted molar refractivity (Wildman–Crippen MR) is 94.3 cm³/mol. The summed E-state index contributed by atoms with van der Waals surface area (Å²) in [6.07, 6.45) is 3.26. The molecule has 0 unspecified atom stereocenters. The zero-order valence-electron chi connectivity index (χ0n) is 14.8. The van der Waals surface area contributed by atoms with Crippen LogP contribution in [0.5, 0.6) is 5.75 Å². The van der Waals surface area contributed by atoms with E-state index in [-0.39, 0.29) is 22.8 Å². The smallest absolute Gasteiger partial charge is 0.344 e. The minimum Gasteiger partial charge on any atom is -0.481 e. The van der Waals surface area contributed by atoms with Crippen molar-refractivity contribution in [3.8, 4) is 5.75 Å². The third-order valence-corrected chi connectivity index (χ3v) is 5.92. The summed E-state index contributed by atoms with van der Waals surface area (Å²) in [4.78, 5) is 23.3. The molecule has 1 fully saturated rings. The van der Waals surface area contributed by atoms with Crippen molar-refractivity contribution in [2.45, 2.75) is 37.5 Å². The zero-order valence-corrected chi connectivity index (χ0v) is 15.6. The van der Waals surface area contributed by atoms with Crippen LogP contribution >= 0.6 is 0 Å². The molecule has 2 N–H and O–H groups in total. The molecule has 8 nitrogen and oxygen atoms in total. The van der Waals surface area contributed by atoms with Crippen LogP contribution in [0.4, 0.5) is 0 Å². The van der Waals surface area contributed by atoms with Gasteiger partial charge in [-0.2, -0.15) is 4.31 Å². The molecular formula is C17H24N2O6S. The molecular weight excluding hydrogens is 360 g/mol. The highest BCUT2D eigenvalue weighted by Gasteiger charge is 2.28. The summed E-state index contributed by atoms with van der Waals surface area (Å²) in [7, 11) is -3.68. The lowest BCUT2D eigenvalue weighted by molar-refractivity contribution is -0.146. The summed E-state index contributed by atoms with van der Waals surface area (Å²) in [6, 6.07) is 3.87. The summed E-state index contributed by atoms with van der Waals surface area (Å²) in [5.74, 6) is -1.36. The van der Waals surface area contributed by atoms with Gasteiger partial charge in [0.05, 0.1) is 17.1 Å². The maximum absolute atomic E-state index is 12.6. The van der Waals surface area contributed by atoms with Crippen molar-refractivity contribution in [3.63, 3.8) is 0 Å². The molecule has 26 heavy (non-hydrogen) atoms. The Kier molecular flexibility index (Phi) is 6.98. The van der Waals surface area contributed by atoms with Gasteiger partial charge in [0.2, 0.25) is 10.0 Å². The Balaban J connectivity index is 2.13. The van der Waals surface area contributed by atoms with E-state index in [1.807, 2.05) is 6.92 Å². The minimum atomic E-state index is -3.68. The Labute approximate surface area is 153 Å². The van der Waals surface area contributed by atoms with E-state index < -0.39 is 21.9 Å². The second kappa shape index (κ2) is 9.00. The number of amides is 1. The van der Waals surface area contributed by atoms with Gasteiger partial charge in [-0.05, 0) is 37.5 Å². The SMILES string of the molecule is CCCCOC(=O)COc1ccc(S(=O)(=O)N2CCCC2)cc1C(N)=O. The quantitative estimate of drug-likeness (QED) is 0.507. The van der Waals surface area contributed by atoms with Gasteiger partial charge in [0.15, 0.2) is 6.61 Å². The average molecular weight is 384 g/mol. The number of ether oxygens (including phenoxy) is 2. The summed E-state index contributed by atoms with van der Waals surface area (Å²) in [5, 5.41) is 0. The number of carbonyl (C=O) groups is 2. The lowest BCUT2D eigenvalue weighted by Crippen LogP contribution is -2.28. The van der Waals surface area contributed by atoms with Gasteiger partial charge in [0.25, 0.3) is 5.91 Å². The Bertz CT molecular complexity index is 757. The summed E-state index contributed by atoms with van der Waals surface area (Å²) in [5.41, 5.74) is 5.25. The van der Waals surface area contributed by atoms with Crippen LogP contribution in [0.25, 0.3) is 0 Å². The number of primary amides is 1. The van der Waals surface area contributed by atoms with Crippen LogP contribution in [0.1, 0.15) is 43.0 Å². The van der Waals surface area contributed by atoms with Crippen LogP contribution in [0, 0.1) is 0 Å². The summed E-state index contributed by atoms with van der Waals surface area (Å²) >= 11 is 0. The van der Waals surface area contributed by atoms with E-state index >= 15 is 0 Å². The van der Waals surface area contributed by atoms with Gasteiger partial charge in [0.1, 0.15) is 5.75 Å². The van der Waals surface area contributed by atoms with Crippen molar-refractivity contribution in [3.05, 3.63) is 23.8 Å². The van der Waals surface area contributed by atoms with Gasteiger partial charge >= 0.3 is 5.97 Å². The van der Waals surface area contributed by atoms with Crippen molar-refractivity contribution < 1.29 is 27.5 Å². The van der Waals surface area contributed by atoms with E-state index in [0.717, 1.165) is 25.7 Å². The molecule has 0 saturated carbocycles. The Hall–Kier alpha value is -2.13. The highest BCUT2D eigenvalue weighted by Crippen LogP contribution is 2.26. The normalized spacial score (nSPS) is 15.0. The minimum absolute atomic E-state index is 0.0222. The van der Waals surface area contributed by atoms with Crippen molar-refractivity contribution in [2.24, 2.45) is 5.73 Å². The van der Waals surface area contributed by atoms with E-state index in [1.165, 1.54) is 22.5 Å². The number of sulfonamides is 1. The van der Waals surface area contributed by atoms with Gasteiger partial charge < -0.3 is 15.2 Å². The highest BCUT2D eigenvalue weighted by atomic mass is 32.2. The standard InChI is InChI=1S/C17H24N2O6S/c1-2-3-10-24-16(20)12-25-15-7-6-13(11-14(15)17(18)21)26(22,23)19-8-4-5-9-19/h6-7,11H,2-5,8-10,12H2,1H3,(H2,18,21). The molecule has 1 saturated heterocycles. The van der Waals surface area contributed by atoms with Crippen LogP contribution in [0.2, 0.25) is 0 Å². The van der Waals surface area contributed by atoms with Crippen molar-refractivity contribution >= 4 is 21.9 Å². The Morgan fingerprint density at radius 2 is 1.92 bits per heavy atom. The van der Waals surface area contributed by atoms with E-state index in [0.29, 0.717) is 19.7 Å². The van der Waals surface area contributed by atoms with E-state index in [1.54, 1.807) is 0 Å². The fourth-order valence-electron chi connectivity index (χ4n) is 2.57. The average Bonchev–Trinajstić information content (AvgIpc) is 3.15. The second-order valence-corrected chi connectivity index (χ2v) is 7.93. The van der Waals surface area contributed by atoms with E-state index in [9.17, 15) is 18.0 Å². The van der Waals surface area contributed by atoms with Crippen molar-refractivity contribution in [1.82, 2.24) is 4.31 Å². The number of rotatable bonds is 9. The number of hydrogen-bond acceptors (Lipinski definition) is 6. The summed E-state index contributed by atoms with van der Waals surface area (Å²) in [6.45, 7) is 2.80. The molecule has 1 aliphatic heterocycles. The second-order valence-electron chi connectivity index (χ2n) is 6.00. The molecule has 2 rings (SSSR count). The first-order valence-corrected chi connectivity index (χ1v) is 10.0. The molecule has 0 bridgehead atoms. The van der Waals surface area contributed by atoms with Crippen LogP contribution in [-0.2, 0) is 19.6 Å². The van der Waals surface area contributed by atoms with Crippen LogP contribution in [0.15, 0.2) is 23.1 Å². The maximum Gasteiger partial charge on any atom is 0.344 e. The Morgan fingerprint density at radius 3 is 2.54 bits per heavy atom. The van der Waals surface area contributed by atoms with Gasteiger partial charge in [-0.3, -0.25) is 4.79 Å². The molecule has 0 aromatic heterocycles. The molecule has 1 aromatic rings. The zero-order chi connectivity index (χ0) is 19.2. The van der Waals surface area contributed by atoms with Gasteiger partial charge in [-0.1, -0.05) is 13.3 Å². The molecule has 1 heterocycles. The monoisotopic (exact) mass is 384 g/mol. The van der Waals surface area contributed by atoms with Gasteiger partial charge in [-0.25, -0.2) is 13.2 Å². The summed E-state index contributed by atoms with van der Waals surface area (Å²) < 4.78 is 36.8. The largest absolute Gasteiger partial charge is 0.481 e. The van der Waals surface area contributed by atoms with E-state index in [4.69, 9.17) is 15.2 Å². The number of nitrogens with zero attached hydrogens (tertiary/aromatic N) is 1. The molecule has 0 spiro atoms. The first-order chi connectivity index (χ1) is 12.4. The molecule has 1 aliphatic rings. The topological polar surface area (TPSA) is 116 Å². The van der Waals surface area contributed by atoms with Crippen molar-refractivity contribution in [2.75, 3.05) is 26.3 Å². The molecule has 9 heteroatoms. The molecule has 0 aliphatic carbocycles. The molecule has 1 amide bonds. The Morgan fingerprint density at radius 1 is 1.23 bits per heavy atom. The number of hydrogen-bond donors (Lipinski definition) is 1. The van der Waals surface area contributed by atoms with Crippen LogP contribution in [0.3, 0.4) is 0 Å². The number of benzene rings is 1. The number of nitrogens with two attached hydrogens (primary N) is 1. The number of carbonyl (C=O) groups excluding carboxylic acids is 2. The molecule has 0 radical (unpaired) electrons.